The average molecular weight is 316 g/mol. The van der Waals surface area contributed by atoms with Crippen molar-refractivity contribution in [2.45, 2.75) is 31.8 Å². The second-order valence-electron chi connectivity index (χ2n) is 5.09. The molecule has 1 fully saturated rings. The van der Waals surface area contributed by atoms with Gasteiger partial charge in [-0.2, -0.15) is 0 Å². The molecule has 6 nitrogen and oxygen atoms in total. The summed E-state index contributed by atoms with van der Waals surface area (Å²) in [5.41, 5.74) is 0.429. The maximum absolute atomic E-state index is 12.4. The molecule has 2 unspecified atom stereocenters. The van der Waals surface area contributed by atoms with Gasteiger partial charge in [0.15, 0.2) is 0 Å². The van der Waals surface area contributed by atoms with Crippen LogP contribution in [0.25, 0.3) is 0 Å². The topological polar surface area (TPSA) is 74.6 Å². The SMILES string of the molecule is CNCC1CCCN1C(=O)C(C)NC(=O)c1ccoc1.Cl. The maximum atomic E-state index is 12.4. The molecule has 21 heavy (non-hydrogen) atoms. The van der Waals surface area contributed by atoms with E-state index in [-0.39, 0.29) is 30.3 Å². The highest BCUT2D eigenvalue weighted by molar-refractivity contribution is 5.97. The molecule has 2 heterocycles. The highest BCUT2D eigenvalue weighted by atomic mass is 35.5. The predicted octanol–water partition coefficient (Wildman–Crippen LogP) is 1.03. The van der Waals surface area contributed by atoms with Gasteiger partial charge in [0.05, 0.1) is 11.8 Å². The summed E-state index contributed by atoms with van der Waals surface area (Å²) in [5, 5.41) is 5.81. The predicted molar refractivity (Wildman–Crippen MR) is 81.5 cm³/mol. The molecule has 1 saturated heterocycles. The molecule has 2 N–H and O–H groups in total. The van der Waals surface area contributed by atoms with E-state index in [0.717, 1.165) is 25.9 Å². The van der Waals surface area contributed by atoms with Crippen molar-refractivity contribution in [2.75, 3.05) is 20.1 Å². The van der Waals surface area contributed by atoms with Crippen LogP contribution in [0.15, 0.2) is 23.0 Å². The number of furan rings is 1. The molecule has 1 aromatic heterocycles. The fourth-order valence-electron chi connectivity index (χ4n) is 2.56. The molecule has 2 atom stereocenters. The minimum absolute atomic E-state index is 0. The van der Waals surface area contributed by atoms with Gasteiger partial charge in [-0.05, 0) is 32.9 Å². The summed E-state index contributed by atoms with van der Waals surface area (Å²) in [6.45, 7) is 3.26. The zero-order valence-corrected chi connectivity index (χ0v) is 13.1. The first kappa shape index (κ1) is 17.5. The van der Waals surface area contributed by atoms with Crippen molar-refractivity contribution in [3.8, 4) is 0 Å². The van der Waals surface area contributed by atoms with E-state index in [1.807, 2.05) is 11.9 Å². The lowest BCUT2D eigenvalue weighted by atomic mass is 10.2. The number of nitrogens with zero attached hydrogens (tertiary/aromatic N) is 1. The van der Waals surface area contributed by atoms with Gasteiger partial charge >= 0.3 is 0 Å². The Kier molecular flexibility index (Phi) is 6.71. The van der Waals surface area contributed by atoms with Gasteiger partial charge in [0.25, 0.3) is 5.91 Å². The van der Waals surface area contributed by atoms with E-state index >= 15 is 0 Å². The summed E-state index contributed by atoms with van der Waals surface area (Å²) in [6, 6.07) is 1.27. The van der Waals surface area contributed by atoms with Crippen LogP contribution in [-0.2, 0) is 4.79 Å². The van der Waals surface area contributed by atoms with Crippen LogP contribution in [0, 0.1) is 0 Å². The van der Waals surface area contributed by atoms with Crippen LogP contribution >= 0.6 is 12.4 Å². The third kappa shape index (κ3) is 4.22. The minimum atomic E-state index is -0.533. The van der Waals surface area contributed by atoms with Gasteiger partial charge in [-0.15, -0.1) is 12.4 Å². The second kappa shape index (κ2) is 8.05. The number of nitrogens with one attached hydrogen (secondary N) is 2. The van der Waals surface area contributed by atoms with Crippen LogP contribution in [0.1, 0.15) is 30.1 Å². The quantitative estimate of drug-likeness (QED) is 0.851. The van der Waals surface area contributed by atoms with Crippen LogP contribution in [-0.4, -0.2) is 48.9 Å². The minimum Gasteiger partial charge on any atom is -0.472 e. The molecule has 7 heteroatoms. The zero-order valence-electron chi connectivity index (χ0n) is 12.3. The van der Waals surface area contributed by atoms with E-state index in [2.05, 4.69) is 10.6 Å². The number of amides is 2. The molecule has 1 aliphatic rings. The van der Waals surface area contributed by atoms with Gasteiger partial charge in [-0.3, -0.25) is 9.59 Å². The summed E-state index contributed by atoms with van der Waals surface area (Å²) >= 11 is 0. The first-order chi connectivity index (χ1) is 9.63. The van der Waals surface area contributed by atoms with Crippen LogP contribution < -0.4 is 10.6 Å². The van der Waals surface area contributed by atoms with Crippen molar-refractivity contribution in [1.82, 2.24) is 15.5 Å². The maximum Gasteiger partial charge on any atom is 0.255 e. The van der Waals surface area contributed by atoms with E-state index in [4.69, 9.17) is 4.42 Å². The zero-order chi connectivity index (χ0) is 14.5. The van der Waals surface area contributed by atoms with E-state index in [9.17, 15) is 9.59 Å². The Morgan fingerprint density at radius 1 is 1.52 bits per heavy atom. The monoisotopic (exact) mass is 315 g/mol. The van der Waals surface area contributed by atoms with Gasteiger partial charge in [0, 0.05) is 19.1 Å². The van der Waals surface area contributed by atoms with Gasteiger partial charge < -0.3 is 20.0 Å². The second-order valence-corrected chi connectivity index (χ2v) is 5.09. The Labute approximate surface area is 130 Å². The van der Waals surface area contributed by atoms with E-state index in [1.165, 1.54) is 12.5 Å². The fraction of sp³-hybridized carbons (Fsp3) is 0.571. The Hall–Kier alpha value is -1.53. The molecule has 2 rings (SSSR count). The Balaban J connectivity index is 0.00000220. The summed E-state index contributed by atoms with van der Waals surface area (Å²) in [7, 11) is 1.88. The molecule has 1 aromatic rings. The highest BCUT2D eigenvalue weighted by Gasteiger charge is 2.31. The molecule has 2 amide bonds. The van der Waals surface area contributed by atoms with E-state index < -0.39 is 6.04 Å². The molecular weight excluding hydrogens is 294 g/mol. The summed E-state index contributed by atoms with van der Waals surface area (Å²) in [4.78, 5) is 26.1. The van der Waals surface area contributed by atoms with Crippen molar-refractivity contribution in [2.24, 2.45) is 0 Å². The van der Waals surface area contributed by atoms with Crippen molar-refractivity contribution in [3.63, 3.8) is 0 Å². The fourth-order valence-corrected chi connectivity index (χ4v) is 2.56. The number of carbonyl (C=O) groups excluding carboxylic acids is 2. The van der Waals surface area contributed by atoms with Gasteiger partial charge in [-0.25, -0.2) is 0 Å². The smallest absolute Gasteiger partial charge is 0.255 e. The van der Waals surface area contributed by atoms with Crippen LogP contribution in [0.3, 0.4) is 0 Å². The lowest BCUT2D eigenvalue weighted by Gasteiger charge is -2.27. The van der Waals surface area contributed by atoms with Crippen molar-refractivity contribution in [1.29, 1.82) is 0 Å². The van der Waals surface area contributed by atoms with Crippen LogP contribution in [0.5, 0.6) is 0 Å². The average Bonchev–Trinajstić information content (AvgIpc) is 3.09. The molecule has 118 valence electrons. The van der Waals surface area contributed by atoms with E-state index in [0.29, 0.717) is 5.56 Å². The van der Waals surface area contributed by atoms with Crippen LogP contribution in [0.4, 0.5) is 0 Å². The summed E-state index contributed by atoms with van der Waals surface area (Å²) < 4.78 is 4.86. The molecule has 0 bridgehead atoms. The number of likely N-dealkylation sites (N-methyl/N-ethyl adjacent to an activating group) is 1. The molecule has 1 aliphatic heterocycles. The molecule has 0 radical (unpaired) electrons. The van der Waals surface area contributed by atoms with Gasteiger partial charge in [0.2, 0.25) is 5.91 Å². The number of rotatable bonds is 5. The highest BCUT2D eigenvalue weighted by Crippen LogP contribution is 2.17. The number of likely N-dealkylation sites (tertiary alicyclic amines) is 1. The Morgan fingerprint density at radius 2 is 2.29 bits per heavy atom. The molecule has 0 saturated carbocycles. The number of halogens is 1. The summed E-state index contributed by atoms with van der Waals surface area (Å²) in [6.07, 6.45) is 4.83. The van der Waals surface area contributed by atoms with Crippen LogP contribution in [0.2, 0.25) is 0 Å². The van der Waals surface area contributed by atoms with E-state index in [1.54, 1.807) is 13.0 Å². The van der Waals surface area contributed by atoms with Crippen molar-refractivity contribution in [3.05, 3.63) is 24.2 Å². The lowest BCUT2D eigenvalue weighted by Crippen LogP contribution is -2.50. The van der Waals surface area contributed by atoms with Gasteiger partial charge in [-0.1, -0.05) is 0 Å². The normalized spacial score (nSPS) is 19.0. The van der Waals surface area contributed by atoms with Gasteiger partial charge in [0.1, 0.15) is 12.3 Å². The lowest BCUT2D eigenvalue weighted by molar-refractivity contribution is -0.133. The third-order valence-corrected chi connectivity index (χ3v) is 3.60. The largest absolute Gasteiger partial charge is 0.472 e. The standard InChI is InChI=1S/C14H21N3O3.ClH/c1-10(16-13(18)11-5-7-20-9-11)14(19)17-6-3-4-12(17)8-15-2;/h5,7,9-10,12,15H,3-4,6,8H2,1-2H3,(H,16,18);1H. The number of hydrogen-bond donors (Lipinski definition) is 2. The first-order valence-electron chi connectivity index (χ1n) is 6.91. The number of hydrogen-bond acceptors (Lipinski definition) is 4. The molecular formula is C14H22ClN3O3. The summed E-state index contributed by atoms with van der Waals surface area (Å²) in [5.74, 6) is -0.316. The third-order valence-electron chi connectivity index (χ3n) is 3.60. The van der Waals surface area contributed by atoms with Crippen molar-refractivity contribution >= 4 is 24.2 Å². The van der Waals surface area contributed by atoms with Crippen molar-refractivity contribution < 1.29 is 14.0 Å². The molecule has 0 aromatic carbocycles. The Morgan fingerprint density at radius 3 is 2.90 bits per heavy atom. The molecule has 0 spiro atoms. The Bertz CT molecular complexity index is 464. The number of carbonyl (C=O) groups is 2. The first-order valence-corrected chi connectivity index (χ1v) is 6.91. The molecule has 0 aliphatic carbocycles.